The van der Waals surface area contributed by atoms with E-state index in [1.54, 1.807) is 12.1 Å². The van der Waals surface area contributed by atoms with Crippen LogP contribution in [0.1, 0.15) is 0 Å². The van der Waals surface area contributed by atoms with Gasteiger partial charge in [-0.2, -0.15) is 8.42 Å². The number of halogens is 1. The molecule has 0 radical (unpaired) electrons. The fourth-order valence-electron chi connectivity index (χ4n) is 0.649. The van der Waals surface area contributed by atoms with Gasteiger partial charge in [0.25, 0.3) is 10.2 Å². The van der Waals surface area contributed by atoms with E-state index in [0.717, 1.165) is 4.47 Å². The van der Waals surface area contributed by atoms with Crippen LogP contribution in [-0.4, -0.2) is 20.4 Å². The van der Waals surface area contributed by atoms with Crippen molar-refractivity contribution >= 4 is 32.0 Å². The molecule has 1 heterocycles. The molecule has 0 unspecified atom stereocenters. The molecule has 2 N–H and O–H groups in total. The molecule has 0 aliphatic carbocycles. The third-order valence-corrected chi connectivity index (χ3v) is 2.74. The normalized spacial score (nSPS) is 11.2. The van der Waals surface area contributed by atoms with Gasteiger partial charge in [0.15, 0.2) is 0 Å². The molecule has 1 aromatic rings. The first-order chi connectivity index (χ1) is 6.03. The van der Waals surface area contributed by atoms with E-state index in [2.05, 4.69) is 30.4 Å². The first-order valence-electron chi connectivity index (χ1n) is 3.36. The number of aromatic nitrogens is 1. The number of nitrogens with zero attached hydrogens (tertiary/aromatic N) is 1. The number of hydrogen-bond acceptors (Lipinski definition) is 3. The highest BCUT2D eigenvalue weighted by Crippen LogP contribution is 2.12. The second-order valence-corrected chi connectivity index (χ2v) is 4.70. The molecule has 5 nitrogen and oxygen atoms in total. The molecule has 0 atom stereocenters. The van der Waals surface area contributed by atoms with Gasteiger partial charge in [0.05, 0.1) is 0 Å². The predicted octanol–water partition coefficient (Wildman–Crippen LogP) is 0.720. The van der Waals surface area contributed by atoms with E-state index in [-0.39, 0.29) is 5.82 Å². The molecule has 0 aromatic carbocycles. The molecular formula is C6H8BrN3O2S. The third kappa shape index (κ3) is 3.29. The number of anilines is 1. The van der Waals surface area contributed by atoms with E-state index in [0.29, 0.717) is 0 Å². The van der Waals surface area contributed by atoms with E-state index in [1.807, 2.05) is 0 Å². The summed E-state index contributed by atoms with van der Waals surface area (Å²) in [5, 5.41) is 0. The van der Waals surface area contributed by atoms with E-state index < -0.39 is 10.2 Å². The first-order valence-corrected chi connectivity index (χ1v) is 5.64. The quantitative estimate of drug-likeness (QED) is 0.846. The Hall–Kier alpha value is -0.660. The molecule has 13 heavy (non-hydrogen) atoms. The monoisotopic (exact) mass is 265 g/mol. The Labute approximate surface area is 84.9 Å². The van der Waals surface area contributed by atoms with Gasteiger partial charge in [-0.15, -0.1) is 0 Å². The first kappa shape index (κ1) is 10.4. The lowest BCUT2D eigenvalue weighted by Crippen LogP contribution is -2.26. The summed E-state index contributed by atoms with van der Waals surface area (Å²) >= 11 is 3.20. The van der Waals surface area contributed by atoms with Crippen molar-refractivity contribution in [3.05, 3.63) is 22.8 Å². The average Bonchev–Trinajstić information content (AvgIpc) is 2.03. The van der Waals surface area contributed by atoms with Crippen LogP contribution < -0.4 is 9.44 Å². The highest BCUT2D eigenvalue weighted by atomic mass is 79.9. The van der Waals surface area contributed by atoms with Crippen molar-refractivity contribution in [1.82, 2.24) is 9.71 Å². The summed E-state index contributed by atoms with van der Waals surface area (Å²) in [6.45, 7) is 0. The van der Waals surface area contributed by atoms with Crippen LogP contribution in [0.15, 0.2) is 22.8 Å². The standard InChI is InChI=1S/C6H8BrN3O2S/c1-8-13(11,12)10-6-4-5(7)2-3-9-6/h2-4,8H,1H3,(H,9,10). The lowest BCUT2D eigenvalue weighted by Gasteiger charge is -2.04. The topological polar surface area (TPSA) is 71.1 Å². The summed E-state index contributed by atoms with van der Waals surface area (Å²) in [7, 11) is -2.15. The number of rotatable bonds is 3. The molecule has 1 rings (SSSR count). The minimum atomic E-state index is -3.47. The maximum atomic E-state index is 11.0. The number of hydrogen-bond donors (Lipinski definition) is 2. The smallest absolute Gasteiger partial charge is 0.255 e. The lowest BCUT2D eigenvalue weighted by molar-refractivity contribution is 0.593. The molecule has 0 saturated heterocycles. The second-order valence-electron chi connectivity index (χ2n) is 2.17. The molecule has 1 aromatic heterocycles. The van der Waals surface area contributed by atoms with Gasteiger partial charge in [0, 0.05) is 17.7 Å². The predicted molar refractivity (Wildman–Crippen MR) is 53.5 cm³/mol. The van der Waals surface area contributed by atoms with Crippen molar-refractivity contribution in [2.24, 2.45) is 0 Å². The summed E-state index contributed by atoms with van der Waals surface area (Å²) in [5.41, 5.74) is 0. The van der Waals surface area contributed by atoms with Crippen molar-refractivity contribution in [2.75, 3.05) is 11.8 Å². The fourth-order valence-corrected chi connectivity index (χ4v) is 1.47. The lowest BCUT2D eigenvalue weighted by atomic mass is 10.5. The van der Waals surface area contributed by atoms with Crippen LogP contribution in [-0.2, 0) is 10.2 Å². The number of pyridine rings is 1. The minimum absolute atomic E-state index is 0.267. The summed E-state index contributed by atoms with van der Waals surface area (Å²) in [5.74, 6) is 0.267. The van der Waals surface area contributed by atoms with E-state index in [1.165, 1.54) is 13.2 Å². The molecule has 72 valence electrons. The number of nitrogens with one attached hydrogen (secondary N) is 2. The molecule has 0 fully saturated rings. The Morgan fingerprint density at radius 2 is 2.23 bits per heavy atom. The molecule has 0 saturated carbocycles. The van der Waals surface area contributed by atoms with E-state index in [4.69, 9.17) is 0 Å². The Bertz CT molecular complexity index is 393. The van der Waals surface area contributed by atoms with Gasteiger partial charge in [-0.3, -0.25) is 4.72 Å². The Balaban J connectivity index is 2.87. The largest absolute Gasteiger partial charge is 0.300 e. The SMILES string of the molecule is CNS(=O)(=O)Nc1cc(Br)ccn1. The van der Waals surface area contributed by atoms with Gasteiger partial charge in [0.1, 0.15) is 5.82 Å². The zero-order valence-corrected chi connectivity index (χ0v) is 9.18. The van der Waals surface area contributed by atoms with Crippen LogP contribution in [0.25, 0.3) is 0 Å². The van der Waals surface area contributed by atoms with Crippen LogP contribution in [0.3, 0.4) is 0 Å². The summed E-state index contributed by atoms with van der Waals surface area (Å²) in [6.07, 6.45) is 1.50. The average molecular weight is 266 g/mol. The summed E-state index contributed by atoms with van der Waals surface area (Å²) < 4.78 is 27.1. The van der Waals surface area contributed by atoms with Crippen LogP contribution in [0.4, 0.5) is 5.82 Å². The fraction of sp³-hybridized carbons (Fsp3) is 0.167. The van der Waals surface area contributed by atoms with Crippen LogP contribution >= 0.6 is 15.9 Å². The Kier molecular flexibility index (Phi) is 3.23. The zero-order valence-electron chi connectivity index (χ0n) is 6.78. The van der Waals surface area contributed by atoms with Crippen molar-refractivity contribution in [3.63, 3.8) is 0 Å². The van der Waals surface area contributed by atoms with Gasteiger partial charge in [0.2, 0.25) is 0 Å². The summed E-state index contributed by atoms with van der Waals surface area (Å²) in [6, 6.07) is 3.27. The van der Waals surface area contributed by atoms with Gasteiger partial charge < -0.3 is 0 Å². The van der Waals surface area contributed by atoms with Gasteiger partial charge in [-0.1, -0.05) is 15.9 Å². The maximum absolute atomic E-state index is 11.0. The van der Waals surface area contributed by atoms with Crippen molar-refractivity contribution in [1.29, 1.82) is 0 Å². The molecule has 0 bridgehead atoms. The third-order valence-electron chi connectivity index (χ3n) is 1.23. The Morgan fingerprint density at radius 1 is 1.54 bits per heavy atom. The molecule has 0 spiro atoms. The Morgan fingerprint density at radius 3 is 2.77 bits per heavy atom. The molecule has 0 aliphatic rings. The highest BCUT2D eigenvalue weighted by molar-refractivity contribution is 9.10. The minimum Gasteiger partial charge on any atom is -0.255 e. The van der Waals surface area contributed by atoms with Crippen molar-refractivity contribution < 1.29 is 8.42 Å². The molecule has 7 heteroatoms. The molecule has 0 aliphatic heterocycles. The van der Waals surface area contributed by atoms with E-state index in [9.17, 15) is 8.42 Å². The maximum Gasteiger partial charge on any atom is 0.300 e. The van der Waals surface area contributed by atoms with E-state index >= 15 is 0 Å². The van der Waals surface area contributed by atoms with Crippen LogP contribution in [0.2, 0.25) is 0 Å². The van der Waals surface area contributed by atoms with Crippen molar-refractivity contribution in [3.8, 4) is 0 Å². The van der Waals surface area contributed by atoms with Crippen LogP contribution in [0.5, 0.6) is 0 Å². The van der Waals surface area contributed by atoms with Crippen molar-refractivity contribution in [2.45, 2.75) is 0 Å². The molecular weight excluding hydrogens is 258 g/mol. The van der Waals surface area contributed by atoms with Gasteiger partial charge in [-0.05, 0) is 12.1 Å². The van der Waals surface area contributed by atoms with Gasteiger partial charge >= 0.3 is 0 Å². The zero-order chi connectivity index (χ0) is 9.90. The second kappa shape index (κ2) is 4.03. The van der Waals surface area contributed by atoms with Crippen LogP contribution in [0, 0.1) is 0 Å². The molecule has 0 amide bonds. The van der Waals surface area contributed by atoms with Gasteiger partial charge in [-0.25, -0.2) is 9.71 Å². The summed E-state index contributed by atoms with van der Waals surface area (Å²) in [4.78, 5) is 3.81. The highest BCUT2D eigenvalue weighted by Gasteiger charge is 2.06.